The summed E-state index contributed by atoms with van der Waals surface area (Å²) >= 11 is 1.32. The first-order valence-electron chi connectivity index (χ1n) is 5.51. The summed E-state index contributed by atoms with van der Waals surface area (Å²) in [7, 11) is 0. The van der Waals surface area contributed by atoms with E-state index in [1.165, 1.54) is 11.3 Å². The molecule has 2 heterocycles. The van der Waals surface area contributed by atoms with Gasteiger partial charge in [0.15, 0.2) is 5.82 Å². The van der Waals surface area contributed by atoms with E-state index in [1.54, 1.807) is 24.4 Å². The zero-order valence-electron chi connectivity index (χ0n) is 10.1. The smallest absolute Gasteiger partial charge is 0.261 e. The Hall–Kier alpha value is -2.29. The van der Waals surface area contributed by atoms with Gasteiger partial charge < -0.3 is 10.6 Å². The van der Waals surface area contributed by atoms with E-state index >= 15 is 0 Å². The van der Waals surface area contributed by atoms with Crippen molar-refractivity contribution in [3.05, 3.63) is 28.2 Å². The van der Waals surface area contributed by atoms with Crippen LogP contribution in [0.25, 0.3) is 0 Å². The summed E-state index contributed by atoms with van der Waals surface area (Å²) in [6, 6.07) is 3.10. The number of nitrogens with one attached hydrogen (secondary N) is 3. The molecule has 1 atom stereocenters. The number of H-pyrrole nitrogens is 1. The predicted molar refractivity (Wildman–Crippen MR) is 67.4 cm³/mol. The highest BCUT2D eigenvalue weighted by atomic mass is 32.1. The number of hydrogen-bond acceptors (Lipinski definition) is 6. The topological polar surface area (TPSA) is 113 Å². The third kappa shape index (κ3) is 3.58. The van der Waals surface area contributed by atoms with Gasteiger partial charge in [0.25, 0.3) is 5.91 Å². The van der Waals surface area contributed by atoms with Crippen molar-refractivity contribution >= 4 is 23.2 Å². The van der Waals surface area contributed by atoms with Gasteiger partial charge in [0, 0.05) is 0 Å². The summed E-state index contributed by atoms with van der Waals surface area (Å²) in [5, 5.41) is 20.2. The Morgan fingerprint density at radius 2 is 2.37 bits per heavy atom. The molecular weight excluding hydrogens is 268 g/mol. The standard InChI is InChI=1S/C10H12N6O2S/c1-6(9-13-15-16-14-9)12-8(17)5-11-10(18)7-3-2-4-19-7/h2-4,6H,5H2,1H3,(H,11,18)(H,12,17)(H,13,14,15,16). The molecule has 9 heteroatoms. The van der Waals surface area contributed by atoms with Gasteiger partial charge in [0.1, 0.15) is 0 Å². The quantitative estimate of drug-likeness (QED) is 0.706. The van der Waals surface area contributed by atoms with E-state index in [2.05, 4.69) is 31.3 Å². The van der Waals surface area contributed by atoms with Crippen molar-refractivity contribution < 1.29 is 9.59 Å². The summed E-state index contributed by atoms with van der Waals surface area (Å²) in [5.74, 6) is -0.197. The number of aromatic amines is 1. The molecule has 0 aliphatic heterocycles. The Bertz CT molecular complexity index is 538. The lowest BCUT2D eigenvalue weighted by Crippen LogP contribution is -2.38. The zero-order chi connectivity index (χ0) is 13.7. The first-order chi connectivity index (χ1) is 9.16. The number of carbonyl (C=O) groups excluding carboxylic acids is 2. The van der Waals surface area contributed by atoms with Crippen LogP contribution in [-0.4, -0.2) is 39.0 Å². The highest BCUT2D eigenvalue weighted by molar-refractivity contribution is 7.12. The van der Waals surface area contributed by atoms with E-state index in [-0.39, 0.29) is 24.4 Å². The van der Waals surface area contributed by atoms with Crippen LogP contribution in [-0.2, 0) is 4.79 Å². The third-order valence-corrected chi connectivity index (χ3v) is 3.15. The van der Waals surface area contributed by atoms with Gasteiger partial charge in [-0.15, -0.1) is 21.5 Å². The summed E-state index contributed by atoms with van der Waals surface area (Å²) in [5.41, 5.74) is 0. The number of hydrogen-bond donors (Lipinski definition) is 3. The molecule has 19 heavy (non-hydrogen) atoms. The molecule has 0 fully saturated rings. The Kier molecular flexibility index (Phi) is 4.18. The number of carbonyl (C=O) groups is 2. The number of thiophene rings is 1. The van der Waals surface area contributed by atoms with Gasteiger partial charge >= 0.3 is 0 Å². The highest BCUT2D eigenvalue weighted by Gasteiger charge is 2.14. The van der Waals surface area contributed by atoms with Gasteiger partial charge in [-0.05, 0) is 18.4 Å². The van der Waals surface area contributed by atoms with Crippen LogP contribution in [0.2, 0.25) is 0 Å². The average Bonchev–Trinajstić information content (AvgIpc) is 3.07. The second-order valence-electron chi connectivity index (χ2n) is 3.72. The molecule has 0 aromatic carbocycles. The van der Waals surface area contributed by atoms with Crippen LogP contribution in [0.3, 0.4) is 0 Å². The Morgan fingerprint density at radius 1 is 1.53 bits per heavy atom. The second-order valence-corrected chi connectivity index (χ2v) is 4.67. The molecule has 100 valence electrons. The van der Waals surface area contributed by atoms with Gasteiger partial charge in [-0.3, -0.25) is 9.59 Å². The van der Waals surface area contributed by atoms with E-state index in [9.17, 15) is 9.59 Å². The summed E-state index contributed by atoms with van der Waals surface area (Å²) in [6.07, 6.45) is 0. The fourth-order valence-electron chi connectivity index (χ4n) is 1.37. The van der Waals surface area contributed by atoms with Gasteiger partial charge in [-0.2, -0.15) is 5.21 Å². The van der Waals surface area contributed by atoms with Crippen molar-refractivity contribution in [1.82, 2.24) is 31.3 Å². The molecule has 0 radical (unpaired) electrons. The predicted octanol–water partition coefficient (Wildman–Crippen LogP) is -0.132. The molecule has 0 saturated heterocycles. The fourth-order valence-corrected chi connectivity index (χ4v) is 2.01. The van der Waals surface area contributed by atoms with Gasteiger partial charge in [-0.25, -0.2) is 0 Å². The van der Waals surface area contributed by atoms with Crippen molar-refractivity contribution in [2.75, 3.05) is 6.54 Å². The van der Waals surface area contributed by atoms with Crippen LogP contribution < -0.4 is 10.6 Å². The minimum atomic E-state index is -0.370. The molecule has 2 rings (SSSR count). The summed E-state index contributed by atoms with van der Waals surface area (Å²) in [4.78, 5) is 23.8. The maximum atomic E-state index is 11.6. The molecule has 8 nitrogen and oxygen atoms in total. The summed E-state index contributed by atoms with van der Waals surface area (Å²) < 4.78 is 0. The first kappa shape index (κ1) is 13.1. The van der Waals surface area contributed by atoms with Crippen molar-refractivity contribution in [3.63, 3.8) is 0 Å². The van der Waals surface area contributed by atoms with E-state index in [1.807, 2.05) is 0 Å². The number of tetrazole rings is 1. The maximum Gasteiger partial charge on any atom is 0.261 e. The fraction of sp³-hybridized carbons (Fsp3) is 0.300. The molecule has 0 spiro atoms. The molecule has 2 aromatic heterocycles. The molecule has 1 unspecified atom stereocenters. The van der Waals surface area contributed by atoms with Crippen LogP contribution >= 0.6 is 11.3 Å². The number of nitrogens with zero attached hydrogens (tertiary/aromatic N) is 3. The average molecular weight is 280 g/mol. The van der Waals surface area contributed by atoms with E-state index in [0.717, 1.165) is 0 Å². The van der Waals surface area contributed by atoms with Crippen LogP contribution in [0.15, 0.2) is 17.5 Å². The SMILES string of the molecule is CC(NC(=O)CNC(=O)c1cccs1)c1nn[nH]n1. The third-order valence-electron chi connectivity index (χ3n) is 2.28. The number of aromatic nitrogens is 4. The van der Waals surface area contributed by atoms with Gasteiger partial charge in [-0.1, -0.05) is 11.3 Å². The van der Waals surface area contributed by atoms with E-state index in [0.29, 0.717) is 10.7 Å². The maximum absolute atomic E-state index is 11.6. The Morgan fingerprint density at radius 3 is 3.00 bits per heavy atom. The van der Waals surface area contributed by atoms with Crippen LogP contribution in [0.4, 0.5) is 0 Å². The van der Waals surface area contributed by atoms with E-state index in [4.69, 9.17) is 0 Å². The van der Waals surface area contributed by atoms with Crippen molar-refractivity contribution in [2.24, 2.45) is 0 Å². The molecule has 2 aromatic rings. The zero-order valence-corrected chi connectivity index (χ0v) is 10.9. The van der Waals surface area contributed by atoms with E-state index < -0.39 is 0 Å². The van der Waals surface area contributed by atoms with Crippen LogP contribution in [0.5, 0.6) is 0 Å². The lowest BCUT2D eigenvalue weighted by Gasteiger charge is -2.10. The van der Waals surface area contributed by atoms with Crippen molar-refractivity contribution in [2.45, 2.75) is 13.0 Å². The summed E-state index contributed by atoms with van der Waals surface area (Å²) in [6.45, 7) is 1.63. The largest absolute Gasteiger partial charge is 0.345 e. The molecule has 0 aliphatic carbocycles. The second kappa shape index (κ2) is 6.05. The molecule has 0 bridgehead atoms. The first-order valence-corrected chi connectivity index (χ1v) is 6.39. The Labute approximate surface area is 112 Å². The van der Waals surface area contributed by atoms with Gasteiger partial charge in [0.2, 0.25) is 5.91 Å². The van der Waals surface area contributed by atoms with Crippen LogP contribution in [0, 0.1) is 0 Å². The van der Waals surface area contributed by atoms with Crippen LogP contribution in [0.1, 0.15) is 28.5 Å². The molecule has 3 N–H and O–H groups in total. The molecular formula is C10H12N6O2S. The van der Waals surface area contributed by atoms with Crippen molar-refractivity contribution in [3.8, 4) is 0 Å². The number of rotatable bonds is 5. The minimum Gasteiger partial charge on any atom is -0.345 e. The monoisotopic (exact) mass is 280 g/mol. The lowest BCUT2D eigenvalue weighted by molar-refractivity contribution is -0.120. The Balaban J connectivity index is 1.77. The molecule has 2 amide bonds. The molecule has 0 saturated carbocycles. The minimum absolute atomic E-state index is 0.0983. The normalized spacial score (nSPS) is 11.8. The lowest BCUT2D eigenvalue weighted by atomic mass is 10.3. The van der Waals surface area contributed by atoms with Crippen molar-refractivity contribution in [1.29, 1.82) is 0 Å². The molecule has 0 aliphatic rings. The van der Waals surface area contributed by atoms with Gasteiger partial charge in [0.05, 0.1) is 17.5 Å². The highest BCUT2D eigenvalue weighted by Crippen LogP contribution is 2.07. The number of amides is 2.